The molecule has 1 aliphatic rings. The quantitative estimate of drug-likeness (QED) is 0.599. The molecule has 152 valence electrons. The number of carbonyl (C=O) groups excluding carboxylic acids is 1. The van der Waals surface area contributed by atoms with Crippen LogP contribution in [-0.2, 0) is 10.0 Å². The van der Waals surface area contributed by atoms with Crippen LogP contribution < -0.4 is 0 Å². The zero-order valence-corrected chi connectivity index (χ0v) is 17.3. The molecule has 4 rings (SSSR count). The molecule has 0 saturated carbocycles. The minimum Gasteiger partial charge on any atom is -0.335 e. The van der Waals surface area contributed by atoms with Crippen LogP contribution in [0.3, 0.4) is 0 Å². The first kappa shape index (κ1) is 20.2. The average molecular weight is 457 g/mol. The van der Waals surface area contributed by atoms with Gasteiger partial charge in [0, 0.05) is 36.3 Å². The minimum atomic E-state index is -3.98. The Labute approximate surface area is 175 Å². The number of piperazine rings is 1. The Balaban J connectivity index is 1.52. The number of carbonyl (C=O) groups is 1. The first-order chi connectivity index (χ1) is 13.8. The molecule has 0 N–H and O–H groups in total. The standard InChI is InChI=1S/C19H15ClF2N2O3S2/c20-17-13-6-5-12(21)11-15(13)28-18(17)19(25)23-7-9-24(10-8-23)29(26,27)16-4-2-1-3-14(16)22/h1-6,11H,7-10H2. The summed E-state index contributed by atoms with van der Waals surface area (Å²) in [5.41, 5.74) is 0. The molecular weight excluding hydrogens is 442 g/mol. The highest BCUT2D eigenvalue weighted by Crippen LogP contribution is 2.36. The van der Waals surface area contributed by atoms with E-state index in [9.17, 15) is 22.0 Å². The van der Waals surface area contributed by atoms with Crippen molar-refractivity contribution < 1.29 is 22.0 Å². The molecule has 1 fully saturated rings. The Morgan fingerprint density at radius 3 is 2.41 bits per heavy atom. The number of halogens is 3. The van der Waals surface area contributed by atoms with Crippen LogP contribution in [0.15, 0.2) is 47.4 Å². The van der Waals surface area contributed by atoms with Crippen LogP contribution in [0.5, 0.6) is 0 Å². The van der Waals surface area contributed by atoms with Gasteiger partial charge in [0.2, 0.25) is 10.0 Å². The highest BCUT2D eigenvalue weighted by Gasteiger charge is 2.33. The van der Waals surface area contributed by atoms with Crippen molar-refractivity contribution in [3.8, 4) is 0 Å². The summed E-state index contributed by atoms with van der Waals surface area (Å²) >= 11 is 7.42. The third-order valence-corrected chi connectivity index (χ3v) is 8.34. The molecular formula is C19H15ClF2N2O3S2. The molecule has 3 aromatic rings. The molecule has 1 aliphatic heterocycles. The van der Waals surface area contributed by atoms with E-state index in [1.54, 1.807) is 0 Å². The lowest BCUT2D eigenvalue weighted by Gasteiger charge is -2.33. The van der Waals surface area contributed by atoms with Gasteiger partial charge in [-0.15, -0.1) is 11.3 Å². The summed E-state index contributed by atoms with van der Waals surface area (Å²) in [7, 11) is -3.98. The van der Waals surface area contributed by atoms with Crippen LogP contribution in [0, 0.1) is 11.6 Å². The zero-order valence-electron chi connectivity index (χ0n) is 14.9. The molecule has 0 unspecified atom stereocenters. The number of sulfonamides is 1. The molecule has 2 heterocycles. The van der Waals surface area contributed by atoms with Gasteiger partial charge in [-0.05, 0) is 30.3 Å². The molecule has 1 saturated heterocycles. The molecule has 1 aromatic heterocycles. The van der Waals surface area contributed by atoms with Crippen LogP contribution in [0.2, 0.25) is 5.02 Å². The zero-order chi connectivity index (χ0) is 20.8. The SMILES string of the molecule is O=C(c1sc2cc(F)ccc2c1Cl)N1CCN(S(=O)(=O)c2ccccc2F)CC1. The molecule has 5 nitrogen and oxygen atoms in total. The summed E-state index contributed by atoms with van der Waals surface area (Å²) in [5, 5.41) is 0.860. The number of nitrogens with zero attached hydrogens (tertiary/aromatic N) is 2. The topological polar surface area (TPSA) is 57.7 Å². The lowest BCUT2D eigenvalue weighted by atomic mass is 10.2. The van der Waals surface area contributed by atoms with E-state index in [1.807, 2.05) is 0 Å². The van der Waals surface area contributed by atoms with Crippen molar-refractivity contribution in [1.29, 1.82) is 0 Å². The monoisotopic (exact) mass is 456 g/mol. The van der Waals surface area contributed by atoms with E-state index < -0.39 is 21.7 Å². The fourth-order valence-corrected chi connectivity index (χ4v) is 6.24. The lowest BCUT2D eigenvalue weighted by molar-refractivity contribution is 0.0703. The van der Waals surface area contributed by atoms with Gasteiger partial charge in [0.15, 0.2) is 0 Å². The first-order valence-electron chi connectivity index (χ1n) is 8.70. The number of benzene rings is 2. The van der Waals surface area contributed by atoms with E-state index in [4.69, 9.17) is 11.6 Å². The number of rotatable bonds is 3. The smallest absolute Gasteiger partial charge is 0.265 e. The van der Waals surface area contributed by atoms with Gasteiger partial charge in [0.1, 0.15) is 21.4 Å². The minimum absolute atomic E-state index is 0.0412. The van der Waals surface area contributed by atoms with E-state index in [-0.39, 0.29) is 46.9 Å². The molecule has 0 radical (unpaired) electrons. The molecule has 1 amide bonds. The van der Waals surface area contributed by atoms with Crippen LogP contribution in [-0.4, -0.2) is 49.7 Å². The normalized spacial score (nSPS) is 15.8. The molecule has 0 atom stereocenters. The summed E-state index contributed by atoms with van der Waals surface area (Å²) < 4.78 is 54.5. The average Bonchev–Trinajstić information content (AvgIpc) is 3.03. The van der Waals surface area contributed by atoms with Crippen molar-refractivity contribution in [2.75, 3.05) is 26.2 Å². The van der Waals surface area contributed by atoms with Gasteiger partial charge in [-0.3, -0.25) is 4.79 Å². The van der Waals surface area contributed by atoms with Crippen LogP contribution in [0.25, 0.3) is 10.1 Å². The van der Waals surface area contributed by atoms with E-state index >= 15 is 0 Å². The molecule has 2 aromatic carbocycles. The maximum absolute atomic E-state index is 13.9. The molecule has 10 heteroatoms. The van der Waals surface area contributed by atoms with Gasteiger partial charge in [-0.25, -0.2) is 17.2 Å². The second kappa shape index (κ2) is 7.64. The Bertz CT molecular complexity index is 1210. The highest BCUT2D eigenvalue weighted by molar-refractivity contribution is 7.89. The Morgan fingerprint density at radius 1 is 1.03 bits per heavy atom. The second-order valence-corrected chi connectivity index (χ2v) is 9.85. The Morgan fingerprint density at radius 2 is 1.72 bits per heavy atom. The number of hydrogen-bond donors (Lipinski definition) is 0. The summed E-state index contributed by atoms with van der Waals surface area (Å²) in [5.74, 6) is -1.56. The summed E-state index contributed by atoms with van der Waals surface area (Å²) in [4.78, 5) is 14.3. The molecule has 29 heavy (non-hydrogen) atoms. The van der Waals surface area contributed by atoms with Crippen molar-refractivity contribution in [3.05, 3.63) is 64.0 Å². The predicted octanol–water partition coefficient (Wildman–Crippen LogP) is 3.98. The third kappa shape index (κ3) is 3.63. The van der Waals surface area contributed by atoms with Gasteiger partial charge in [0.25, 0.3) is 5.91 Å². The maximum atomic E-state index is 13.9. The largest absolute Gasteiger partial charge is 0.335 e. The third-order valence-electron chi connectivity index (χ3n) is 4.77. The summed E-state index contributed by atoms with van der Waals surface area (Å²) in [6.45, 7) is 0.371. The number of hydrogen-bond acceptors (Lipinski definition) is 4. The second-order valence-electron chi connectivity index (χ2n) is 6.51. The highest BCUT2D eigenvalue weighted by atomic mass is 35.5. The van der Waals surface area contributed by atoms with Crippen molar-refractivity contribution in [1.82, 2.24) is 9.21 Å². The van der Waals surface area contributed by atoms with E-state index in [2.05, 4.69) is 0 Å². The van der Waals surface area contributed by atoms with Gasteiger partial charge < -0.3 is 4.90 Å². The van der Waals surface area contributed by atoms with Crippen molar-refractivity contribution in [3.63, 3.8) is 0 Å². The van der Waals surface area contributed by atoms with Crippen LogP contribution in [0.1, 0.15) is 9.67 Å². The van der Waals surface area contributed by atoms with Gasteiger partial charge >= 0.3 is 0 Å². The fourth-order valence-electron chi connectivity index (χ4n) is 3.24. The van der Waals surface area contributed by atoms with E-state index in [0.717, 1.165) is 21.7 Å². The summed E-state index contributed by atoms with van der Waals surface area (Å²) in [6, 6.07) is 9.33. The maximum Gasteiger partial charge on any atom is 0.265 e. The number of amides is 1. The van der Waals surface area contributed by atoms with E-state index in [0.29, 0.717) is 10.1 Å². The van der Waals surface area contributed by atoms with Gasteiger partial charge in [-0.1, -0.05) is 23.7 Å². The van der Waals surface area contributed by atoms with Gasteiger partial charge in [0.05, 0.1) is 5.02 Å². The number of thiophene rings is 1. The fraction of sp³-hybridized carbons (Fsp3) is 0.211. The van der Waals surface area contributed by atoms with Crippen molar-refractivity contribution in [2.45, 2.75) is 4.90 Å². The number of fused-ring (bicyclic) bond motifs is 1. The molecule has 0 spiro atoms. The Hall–Kier alpha value is -2.07. The predicted molar refractivity (Wildman–Crippen MR) is 108 cm³/mol. The van der Waals surface area contributed by atoms with E-state index in [1.165, 1.54) is 41.3 Å². The Kier molecular flexibility index (Phi) is 5.32. The molecule has 0 aliphatic carbocycles. The van der Waals surface area contributed by atoms with Gasteiger partial charge in [-0.2, -0.15) is 4.31 Å². The van der Waals surface area contributed by atoms with Crippen LogP contribution in [0.4, 0.5) is 8.78 Å². The summed E-state index contributed by atoms with van der Waals surface area (Å²) in [6.07, 6.45) is 0. The van der Waals surface area contributed by atoms with Crippen LogP contribution >= 0.6 is 22.9 Å². The lowest BCUT2D eigenvalue weighted by Crippen LogP contribution is -2.50. The van der Waals surface area contributed by atoms with Crippen molar-refractivity contribution >= 4 is 49.0 Å². The molecule has 0 bridgehead atoms. The van der Waals surface area contributed by atoms with Crippen molar-refractivity contribution in [2.24, 2.45) is 0 Å². The first-order valence-corrected chi connectivity index (χ1v) is 11.3.